The van der Waals surface area contributed by atoms with Crippen molar-refractivity contribution >= 4 is 5.82 Å². The molecular weight excluding hydrogens is 246 g/mol. The quantitative estimate of drug-likeness (QED) is 0.697. The van der Waals surface area contributed by atoms with E-state index < -0.39 is 5.69 Å². The van der Waals surface area contributed by atoms with Crippen LogP contribution >= 0.6 is 0 Å². The molecule has 0 atom stereocenters. The first-order valence-corrected chi connectivity index (χ1v) is 6.36. The van der Waals surface area contributed by atoms with Crippen LogP contribution in [0.15, 0.2) is 21.2 Å². The van der Waals surface area contributed by atoms with E-state index in [2.05, 4.69) is 21.8 Å². The van der Waals surface area contributed by atoms with Crippen LogP contribution in [0.1, 0.15) is 12.8 Å². The van der Waals surface area contributed by atoms with Crippen molar-refractivity contribution in [1.29, 1.82) is 0 Å². The van der Waals surface area contributed by atoms with Crippen LogP contribution in [0.2, 0.25) is 0 Å². The Labute approximate surface area is 110 Å². The second-order valence-electron chi connectivity index (χ2n) is 4.61. The van der Waals surface area contributed by atoms with Gasteiger partial charge in [-0.15, -0.1) is 5.10 Å². The van der Waals surface area contributed by atoms with Crippen LogP contribution in [0.4, 0.5) is 5.82 Å². The van der Waals surface area contributed by atoms with E-state index in [9.17, 15) is 9.59 Å². The summed E-state index contributed by atoms with van der Waals surface area (Å²) in [6, 6.07) is 0. The molecule has 0 saturated heterocycles. The molecule has 0 aromatic carbocycles. The SMILES string of the molecule is Cn1nc(NCCC2=CCNCC2)c(=O)n(C)c1=O. The highest BCUT2D eigenvalue weighted by molar-refractivity contribution is 5.29. The number of anilines is 1. The highest BCUT2D eigenvalue weighted by Crippen LogP contribution is 2.08. The zero-order valence-corrected chi connectivity index (χ0v) is 11.3. The largest absolute Gasteiger partial charge is 0.364 e. The maximum atomic E-state index is 11.8. The number of rotatable bonds is 4. The smallest absolute Gasteiger partial charge is 0.346 e. The summed E-state index contributed by atoms with van der Waals surface area (Å²) in [5.41, 5.74) is 0.576. The Hall–Kier alpha value is -1.89. The molecule has 0 unspecified atom stereocenters. The van der Waals surface area contributed by atoms with Crippen LogP contribution in [0.25, 0.3) is 0 Å². The van der Waals surface area contributed by atoms with Gasteiger partial charge in [-0.3, -0.25) is 9.36 Å². The van der Waals surface area contributed by atoms with Crippen molar-refractivity contribution < 1.29 is 0 Å². The van der Waals surface area contributed by atoms with E-state index >= 15 is 0 Å². The molecule has 19 heavy (non-hydrogen) atoms. The van der Waals surface area contributed by atoms with Gasteiger partial charge in [-0.1, -0.05) is 11.6 Å². The van der Waals surface area contributed by atoms with Gasteiger partial charge < -0.3 is 10.6 Å². The molecule has 1 aliphatic heterocycles. The topological polar surface area (TPSA) is 81.0 Å². The molecule has 0 aliphatic carbocycles. The highest BCUT2D eigenvalue weighted by Gasteiger charge is 2.08. The number of nitrogens with one attached hydrogen (secondary N) is 2. The zero-order chi connectivity index (χ0) is 13.8. The molecule has 0 bridgehead atoms. The van der Waals surface area contributed by atoms with E-state index in [0.29, 0.717) is 6.54 Å². The molecule has 0 radical (unpaired) electrons. The first-order chi connectivity index (χ1) is 9.09. The summed E-state index contributed by atoms with van der Waals surface area (Å²) < 4.78 is 2.21. The monoisotopic (exact) mass is 265 g/mol. The van der Waals surface area contributed by atoms with Crippen molar-refractivity contribution in [2.75, 3.05) is 25.0 Å². The standard InChI is InChI=1S/C12H19N5O2/c1-16-11(18)10(15-17(2)12(16)19)14-8-5-9-3-6-13-7-4-9/h3,13H,4-8H2,1-2H3,(H,14,15). The number of aromatic nitrogens is 3. The zero-order valence-electron chi connectivity index (χ0n) is 11.3. The molecule has 2 rings (SSSR count). The second kappa shape index (κ2) is 5.83. The molecule has 7 nitrogen and oxygen atoms in total. The van der Waals surface area contributed by atoms with Crippen molar-refractivity contribution in [3.8, 4) is 0 Å². The fourth-order valence-electron chi connectivity index (χ4n) is 2.05. The van der Waals surface area contributed by atoms with Crippen molar-refractivity contribution in [2.24, 2.45) is 14.1 Å². The first kappa shape index (κ1) is 13.5. The van der Waals surface area contributed by atoms with Gasteiger partial charge in [0.2, 0.25) is 5.82 Å². The fourth-order valence-corrected chi connectivity index (χ4v) is 2.05. The van der Waals surface area contributed by atoms with Crippen molar-refractivity contribution in [3.05, 3.63) is 32.5 Å². The van der Waals surface area contributed by atoms with Gasteiger partial charge >= 0.3 is 5.69 Å². The summed E-state index contributed by atoms with van der Waals surface area (Å²) in [5, 5.41) is 10.2. The van der Waals surface area contributed by atoms with E-state index in [4.69, 9.17) is 0 Å². The summed E-state index contributed by atoms with van der Waals surface area (Å²) >= 11 is 0. The van der Waals surface area contributed by atoms with Gasteiger partial charge in [0.05, 0.1) is 0 Å². The van der Waals surface area contributed by atoms with Gasteiger partial charge in [0.25, 0.3) is 5.56 Å². The molecule has 2 heterocycles. The summed E-state index contributed by atoms with van der Waals surface area (Å²) in [5.74, 6) is 0.221. The number of nitrogens with zero attached hydrogens (tertiary/aromatic N) is 3. The van der Waals surface area contributed by atoms with E-state index in [0.717, 1.165) is 35.2 Å². The predicted octanol–water partition coefficient (Wildman–Crippen LogP) is -0.799. The van der Waals surface area contributed by atoms with Crippen molar-refractivity contribution in [1.82, 2.24) is 19.7 Å². The minimum absolute atomic E-state index is 0.221. The van der Waals surface area contributed by atoms with E-state index in [1.54, 1.807) is 0 Å². The molecule has 0 spiro atoms. The molecule has 0 saturated carbocycles. The Morgan fingerprint density at radius 2 is 2.21 bits per heavy atom. The molecule has 0 amide bonds. The molecule has 0 fully saturated rings. The highest BCUT2D eigenvalue weighted by atomic mass is 16.2. The lowest BCUT2D eigenvalue weighted by Crippen LogP contribution is -2.40. The summed E-state index contributed by atoms with van der Waals surface area (Å²) in [4.78, 5) is 23.3. The number of hydrogen-bond donors (Lipinski definition) is 2. The van der Waals surface area contributed by atoms with Gasteiger partial charge in [0.1, 0.15) is 0 Å². The van der Waals surface area contributed by atoms with E-state index in [-0.39, 0.29) is 11.4 Å². The molecule has 2 N–H and O–H groups in total. The van der Waals surface area contributed by atoms with Crippen molar-refractivity contribution in [3.63, 3.8) is 0 Å². The average Bonchev–Trinajstić information content (AvgIpc) is 2.43. The Kier molecular flexibility index (Phi) is 4.16. The first-order valence-electron chi connectivity index (χ1n) is 6.36. The fraction of sp³-hybridized carbons (Fsp3) is 0.583. The lowest BCUT2D eigenvalue weighted by molar-refractivity contribution is 0.603. The molecule has 7 heteroatoms. The van der Waals surface area contributed by atoms with Crippen LogP contribution in [-0.4, -0.2) is 34.0 Å². The van der Waals surface area contributed by atoms with Gasteiger partial charge in [0, 0.05) is 27.2 Å². The Bertz CT molecular complexity index is 599. The summed E-state index contributed by atoms with van der Waals surface area (Å²) in [6.07, 6.45) is 4.10. The summed E-state index contributed by atoms with van der Waals surface area (Å²) in [6.45, 7) is 2.56. The van der Waals surface area contributed by atoms with Gasteiger partial charge in [-0.05, 0) is 19.4 Å². The van der Waals surface area contributed by atoms with Crippen LogP contribution < -0.4 is 21.9 Å². The summed E-state index contributed by atoms with van der Waals surface area (Å²) in [7, 11) is 2.98. The van der Waals surface area contributed by atoms with Crippen LogP contribution in [-0.2, 0) is 14.1 Å². The van der Waals surface area contributed by atoms with E-state index in [1.165, 1.54) is 19.7 Å². The average molecular weight is 265 g/mol. The minimum atomic E-state index is -0.420. The minimum Gasteiger partial charge on any atom is -0.364 e. The lowest BCUT2D eigenvalue weighted by Gasteiger charge is -2.14. The third-order valence-corrected chi connectivity index (χ3v) is 3.22. The maximum Gasteiger partial charge on any atom is 0.346 e. The lowest BCUT2D eigenvalue weighted by atomic mass is 10.1. The Balaban J connectivity index is 2.02. The van der Waals surface area contributed by atoms with Crippen molar-refractivity contribution in [2.45, 2.75) is 12.8 Å². The van der Waals surface area contributed by atoms with Crippen LogP contribution in [0, 0.1) is 0 Å². The van der Waals surface area contributed by atoms with E-state index in [1.807, 2.05) is 0 Å². The Morgan fingerprint density at radius 3 is 2.89 bits per heavy atom. The molecule has 1 aromatic rings. The van der Waals surface area contributed by atoms with Crippen LogP contribution in [0.3, 0.4) is 0 Å². The van der Waals surface area contributed by atoms with Gasteiger partial charge in [-0.25, -0.2) is 9.48 Å². The van der Waals surface area contributed by atoms with Gasteiger partial charge in [0.15, 0.2) is 0 Å². The Morgan fingerprint density at radius 1 is 1.42 bits per heavy atom. The number of hydrogen-bond acceptors (Lipinski definition) is 5. The third kappa shape index (κ3) is 3.11. The molecule has 1 aliphatic rings. The molecule has 104 valence electrons. The third-order valence-electron chi connectivity index (χ3n) is 3.22. The number of aryl methyl sites for hydroxylation is 1. The normalized spacial score (nSPS) is 15.2. The molecular formula is C12H19N5O2. The molecule has 1 aromatic heterocycles. The van der Waals surface area contributed by atoms with Crippen LogP contribution in [0.5, 0.6) is 0 Å². The predicted molar refractivity (Wildman–Crippen MR) is 73.4 cm³/mol. The second-order valence-corrected chi connectivity index (χ2v) is 4.61. The maximum absolute atomic E-state index is 11.8. The van der Waals surface area contributed by atoms with Gasteiger partial charge in [-0.2, -0.15) is 0 Å².